The average Bonchev–Trinajstić information content (AvgIpc) is 2.81. The van der Waals surface area contributed by atoms with Crippen LogP contribution in [-0.2, 0) is 0 Å². The number of nitrogens with zero attached hydrogens (tertiary/aromatic N) is 4. The van der Waals surface area contributed by atoms with Crippen LogP contribution in [0, 0.1) is 0 Å². The summed E-state index contributed by atoms with van der Waals surface area (Å²) in [7, 11) is 0. The molecule has 7 heteroatoms. The molecule has 1 saturated heterocycles. The molecule has 0 bridgehead atoms. The molecule has 18 heavy (non-hydrogen) atoms. The van der Waals surface area contributed by atoms with Crippen LogP contribution < -0.4 is 5.73 Å². The van der Waals surface area contributed by atoms with Crippen LogP contribution in [0.2, 0.25) is 0 Å². The zero-order chi connectivity index (χ0) is 12.8. The second-order valence-electron chi connectivity index (χ2n) is 4.57. The van der Waals surface area contributed by atoms with E-state index in [1.165, 1.54) is 6.33 Å². The number of hydrogen-bond acceptors (Lipinski definition) is 5. The third-order valence-electron chi connectivity index (χ3n) is 3.16. The van der Waals surface area contributed by atoms with Gasteiger partial charge in [0.1, 0.15) is 11.9 Å². The summed E-state index contributed by atoms with van der Waals surface area (Å²) in [6, 6.07) is 3.43. The van der Waals surface area contributed by atoms with Crippen molar-refractivity contribution >= 4 is 11.6 Å². The second kappa shape index (κ2) is 3.76. The van der Waals surface area contributed by atoms with Crippen molar-refractivity contribution in [2.24, 2.45) is 5.73 Å². The molecule has 3 N–H and O–H groups in total. The van der Waals surface area contributed by atoms with Gasteiger partial charge < -0.3 is 15.7 Å². The summed E-state index contributed by atoms with van der Waals surface area (Å²) >= 11 is 0. The van der Waals surface area contributed by atoms with Crippen molar-refractivity contribution in [3.63, 3.8) is 0 Å². The van der Waals surface area contributed by atoms with E-state index in [1.807, 2.05) is 0 Å². The van der Waals surface area contributed by atoms with Crippen molar-refractivity contribution in [2.75, 3.05) is 19.6 Å². The lowest BCUT2D eigenvalue weighted by molar-refractivity contribution is -0.0734. The lowest BCUT2D eigenvalue weighted by atomic mass is 9.94. The van der Waals surface area contributed by atoms with E-state index >= 15 is 0 Å². The molecular weight excluding hydrogens is 234 g/mol. The van der Waals surface area contributed by atoms with E-state index in [0.29, 0.717) is 11.2 Å². The number of pyridine rings is 1. The Balaban J connectivity index is 1.81. The van der Waals surface area contributed by atoms with E-state index in [0.717, 1.165) is 0 Å². The number of aromatic nitrogens is 3. The number of fused-ring (bicyclic) bond motifs is 1. The minimum absolute atomic E-state index is 0.134. The van der Waals surface area contributed by atoms with Gasteiger partial charge in [0.15, 0.2) is 5.65 Å². The molecule has 0 radical (unpaired) electrons. The number of nitrogens with two attached hydrogens (primary N) is 1. The Kier molecular flexibility index (Phi) is 2.32. The summed E-state index contributed by atoms with van der Waals surface area (Å²) in [5.74, 6) is -0.134. The van der Waals surface area contributed by atoms with Crippen LogP contribution in [0.1, 0.15) is 10.4 Å². The molecule has 3 heterocycles. The van der Waals surface area contributed by atoms with Gasteiger partial charge in [-0.2, -0.15) is 5.10 Å². The van der Waals surface area contributed by atoms with Gasteiger partial charge in [0.2, 0.25) is 0 Å². The third-order valence-corrected chi connectivity index (χ3v) is 3.16. The first-order chi connectivity index (χ1) is 8.61. The highest BCUT2D eigenvalue weighted by molar-refractivity contribution is 5.94. The maximum absolute atomic E-state index is 12.1. The molecule has 0 aromatic carbocycles. The fraction of sp³-hybridized carbons (Fsp3) is 0.364. The first-order valence-corrected chi connectivity index (χ1v) is 5.62. The number of rotatable bonds is 2. The Morgan fingerprint density at radius 2 is 2.28 bits per heavy atom. The van der Waals surface area contributed by atoms with Crippen molar-refractivity contribution in [2.45, 2.75) is 5.60 Å². The van der Waals surface area contributed by atoms with E-state index in [1.54, 1.807) is 27.7 Å². The zero-order valence-electron chi connectivity index (χ0n) is 9.65. The molecule has 1 aliphatic rings. The van der Waals surface area contributed by atoms with E-state index in [4.69, 9.17) is 5.73 Å². The molecule has 2 aromatic heterocycles. The summed E-state index contributed by atoms with van der Waals surface area (Å²) in [6.07, 6.45) is 3.06. The van der Waals surface area contributed by atoms with E-state index < -0.39 is 5.60 Å². The molecule has 0 spiro atoms. The van der Waals surface area contributed by atoms with E-state index in [9.17, 15) is 9.90 Å². The molecule has 1 aliphatic heterocycles. The Morgan fingerprint density at radius 3 is 3.00 bits per heavy atom. The van der Waals surface area contributed by atoms with Crippen LogP contribution in [-0.4, -0.2) is 55.7 Å². The van der Waals surface area contributed by atoms with Crippen molar-refractivity contribution < 1.29 is 9.90 Å². The highest BCUT2D eigenvalue weighted by Crippen LogP contribution is 2.21. The highest BCUT2D eigenvalue weighted by atomic mass is 16.3. The third kappa shape index (κ3) is 1.64. The first-order valence-electron chi connectivity index (χ1n) is 5.62. The lowest BCUT2D eigenvalue weighted by Crippen LogP contribution is -2.66. The highest BCUT2D eigenvalue weighted by Gasteiger charge is 2.42. The van der Waals surface area contributed by atoms with Gasteiger partial charge in [0, 0.05) is 12.7 Å². The smallest absolute Gasteiger partial charge is 0.255 e. The first kappa shape index (κ1) is 11.1. The van der Waals surface area contributed by atoms with Gasteiger partial charge in [-0.15, -0.1) is 0 Å². The fourth-order valence-electron chi connectivity index (χ4n) is 2.06. The maximum atomic E-state index is 12.1. The number of carbonyl (C=O) groups excluding carboxylic acids is 1. The minimum atomic E-state index is -0.924. The van der Waals surface area contributed by atoms with E-state index in [-0.39, 0.29) is 25.5 Å². The number of hydrogen-bond donors (Lipinski definition) is 2. The number of aliphatic hydroxyl groups is 1. The molecule has 0 saturated carbocycles. The van der Waals surface area contributed by atoms with Gasteiger partial charge in [-0.1, -0.05) is 0 Å². The summed E-state index contributed by atoms with van der Waals surface area (Å²) < 4.78 is 1.54. The minimum Gasteiger partial charge on any atom is -0.385 e. The number of β-amino-alcohol motifs (C(OH)–C–C–N with tert-alkyl or cyclic N) is 1. The Hall–Kier alpha value is -1.99. The van der Waals surface area contributed by atoms with Crippen molar-refractivity contribution in [3.05, 3.63) is 30.2 Å². The summed E-state index contributed by atoms with van der Waals surface area (Å²) in [4.78, 5) is 17.7. The molecule has 3 rings (SSSR count). The van der Waals surface area contributed by atoms with Gasteiger partial charge in [0.25, 0.3) is 5.91 Å². The largest absolute Gasteiger partial charge is 0.385 e. The van der Waals surface area contributed by atoms with Crippen molar-refractivity contribution in [1.82, 2.24) is 19.5 Å². The van der Waals surface area contributed by atoms with Crippen molar-refractivity contribution in [3.8, 4) is 0 Å². The second-order valence-corrected chi connectivity index (χ2v) is 4.57. The van der Waals surface area contributed by atoms with Gasteiger partial charge in [-0.25, -0.2) is 9.50 Å². The molecule has 0 atom stereocenters. The van der Waals surface area contributed by atoms with Crippen LogP contribution >= 0.6 is 0 Å². The molecule has 0 unspecified atom stereocenters. The van der Waals surface area contributed by atoms with Gasteiger partial charge in [0.05, 0.1) is 18.7 Å². The summed E-state index contributed by atoms with van der Waals surface area (Å²) in [5.41, 5.74) is 5.70. The number of carbonyl (C=O) groups is 1. The standard InChI is InChI=1S/C11H13N5O2/c12-4-11(18)5-15(6-11)10(17)8-1-2-9-13-7-14-16(9)3-8/h1-3,7,18H,4-6,12H2. The van der Waals surface area contributed by atoms with Crippen LogP contribution in [0.15, 0.2) is 24.7 Å². The van der Waals surface area contributed by atoms with Gasteiger partial charge in [-0.05, 0) is 12.1 Å². The van der Waals surface area contributed by atoms with Gasteiger partial charge in [-0.3, -0.25) is 4.79 Å². The lowest BCUT2D eigenvalue weighted by Gasteiger charge is -2.45. The molecule has 7 nitrogen and oxygen atoms in total. The van der Waals surface area contributed by atoms with Crippen LogP contribution in [0.4, 0.5) is 0 Å². The Morgan fingerprint density at radius 1 is 1.50 bits per heavy atom. The molecule has 94 valence electrons. The molecular formula is C11H13N5O2. The Bertz CT molecular complexity index is 602. The maximum Gasteiger partial charge on any atom is 0.255 e. The number of likely N-dealkylation sites (tertiary alicyclic amines) is 1. The zero-order valence-corrected chi connectivity index (χ0v) is 9.65. The predicted molar refractivity (Wildman–Crippen MR) is 62.9 cm³/mol. The molecule has 1 amide bonds. The topological polar surface area (TPSA) is 96.8 Å². The normalized spacial score (nSPS) is 17.8. The SMILES string of the molecule is NCC1(O)CN(C(=O)c2ccc3ncnn3c2)C1. The van der Waals surface area contributed by atoms with Gasteiger partial charge >= 0.3 is 0 Å². The Labute approximate surface area is 103 Å². The molecule has 0 aliphatic carbocycles. The quantitative estimate of drug-likeness (QED) is 0.700. The summed E-state index contributed by atoms with van der Waals surface area (Å²) in [6.45, 7) is 0.717. The van der Waals surface area contributed by atoms with Crippen LogP contribution in [0.25, 0.3) is 5.65 Å². The van der Waals surface area contributed by atoms with Crippen molar-refractivity contribution in [1.29, 1.82) is 0 Å². The average molecular weight is 247 g/mol. The van der Waals surface area contributed by atoms with Crippen LogP contribution in [0.3, 0.4) is 0 Å². The monoisotopic (exact) mass is 247 g/mol. The molecule has 2 aromatic rings. The summed E-state index contributed by atoms with van der Waals surface area (Å²) in [5, 5.41) is 13.8. The van der Waals surface area contributed by atoms with Crippen LogP contribution in [0.5, 0.6) is 0 Å². The fourth-order valence-corrected chi connectivity index (χ4v) is 2.06. The number of amides is 1. The molecule has 1 fully saturated rings. The predicted octanol–water partition coefficient (Wildman–Crippen LogP) is -1.13. The van der Waals surface area contributed by atoms with E-state index in [2.05, 4.69) is 10.1 Å².